The summed E-state index contributed by atoms with van der Waals surface area (Å²) in [6.07, 6.45) is 3.82. The average Bonchev–Trinajstić information content (AvgIpc) is 3.11. The summed E-state index contributed by atoms with van der Waals surface area (Å²) in [6.45, 7) is 3.47. The number of ether oxygens (including phenoxy) is 1. The Balaban J connectivity index is 1.84. The number of rotatable bonds is 5. The van der Waals surface area contributed by atoms with Gasteiger partial charge in [-0.1, -0.05) is 6.07 Å². The summed E-state index contributed by atoms with van der Waals surface area (Å²) in [6, 6.07) is 8.32. The highest BCUT2D eigenvalue weighted by atomic mass is 32.2. The molecular weight excluding hydrogens is 374 g/mol. The summed E-state index contributed by atoms with van der Waals surface area (Å²) >= 11 is 1.69. The van der Waals surface area contributed by atoms with Crippen molar-refractivity contribution in [1.82, 2.24) is 19.7 Å². The van der Waals surface area contributed by atoms with E-state index in [9.17, 15) is 4.79 Å². The maximum absolute atomic E-state index is 11.4. The average molecular weight is 398 g/mol. The molecule has 1 fully saturated rings. The van der Waals surface area contributed by atoms with Crippen LogP contribution in [0.2, 0.25) is 0 Å². The van der Waals surface area contributed by atoms with E-state index < -0.39 is 5.91 Å². The number of carbonyl (C=O) groups is 1. The van der Waals surface area contributed by atoms with Crippen molar-refractivity contribution < 1.29 is 9.53 Å². The van der Waals surface area contributed by atoms with Gasteiger partial charge in [0, 0.05) is 29.4 Å². The highest BCUT2D eigenvalue weighted by Gasteiger charge is 2.25. The van der Waals surface area contributed by atoms with Gasteiger partial charge in [0.05, 0.1) is 11.9 Å². The number of thioether (sulfide) groups is 1. The third-order valence-electron chi connectivity index (χ3n) is 5.02. The van der Waals surface area contributed by atoms with Gasteiger partial charge in [0.2, 0.25) is 5.91 Å². The predicted molar refractivity (Wildman–Crippen MR) is 109 cm³/mol. The standard InChI is InChI=1S/C20H23N5O2S/c1-12-9-19(22-16-10-14(28-2)3-4-15(12)16)25-20(13-5-7-27-8-6-13)23-18(24-25)11-17(21)26/h3-4,9-10,13H,5-8,11H2,1-2H3,(H2,21,26). The van der Waals surface area contributed by atoms with Gasteiger partial charge in [0.25, 0.3) is 0 Å². The number of hydrogen-bond acceptors (Lipinski definition) is 6. The molecule has 1 amide bonds. The van der Waals surface area contributed by atoms with Crippen molar-refractivity contribution in [3.63, 3.8) is 0 Å². The summed E-state index contributed by atoms with van der Waals surface area (Å²) in [5, 5.41) is 5.70. The molecule has 4 rings (SSSR count). The zero-order chi connectivity index (χ0) is 19.7. The lowest BCUT2D eigenvalue weighted by molar-refractivity contribution is -0.117. The Morgan fingerprint density at radius 2 is 2.07 bits per heavy atom. The molecular formula is C20H23N5O2S. The van der Waals surface area contributed by atoms with E-state index in [-0.39, 0.29) is 12.3 Å². The van der Waals surface area contributed by atoms with Crippen LogP contribution in [-0.2, 0) is 16.0 Å². The predicted octanol–water partition coefficient (Wildman–Crippen LogP) is 2.77. The van der Waals surface area contributed by atoms with Crippen molar-refractivity contribution >= 4 is 28.6 Å². The topological polar surface area (TPSA) is 95.9 Å². The number of aryl methyl sites for hydroxylation is 1. The van der Waals surface area contributed by atoms with Gasteiger partial charge in [0.1, 0.15) is 5.82 Å². The summed E-state index contributed by atoms with van der Waals surface area (Å²) in [5.74, 6) is 1.76. The molecule has 3 heterocycles. The van der Waals surface area contributed by atoms with Crippen LogP contribution in [0.3, 0.4) is 0 Å². The van der Waals surface area contributed by atoms with Gasteiger partial charge < -0.3 is 10.5 Å². The van der Waals surface area contributed by atoms with Gasteiger partial charge in [-0.15, -0.1) is 16.9 Å². The van der Waals surface area contributed by atoms with Crippen molar-refractivity contribution in [1.29, 1.82) is 0 Å². The molecule has 1 aromatic carbocycles. The van der Waals surface area contributed by atoms with E-state index in [0.29, 0.717) is 24.9 Å². The number of nitrogens with two attached hydrogens (primary N) is 1. The molecule has 3 aromatic rings. The molecule has 2 N–H and O–H groups in total. The number of primary amides is 1. The van der Waals surface area contributed by atoms with Gasteiger partial charge in [-0.3, -0.25) is 4.79 Å². The molecule has 0 unspecified atom stereocenters. The molecule has 2 aromatic heterocycles. The largest absolute Gasteiger partial charge is 0.381 e. The monoisotopic (exact) mass is 397 g/mol. The SMILES string of the molecule is CSc1ccc2c(C)cc(-n3nc(CC(N)=O)nc3C3CCOCC3)nc2c1. The number of hydrogen-bond donors (Lipinski definition) is 1. The highest BCUT2D eigenvalue weighted by Crippen LogP contribution is 2.29. The number of nitrogens with zero attached hydrogens (tertiary/aromatic N) is 4. The molecule has 8 heteroatoms. The van der Waals surface area contributed by atoms with Crippen LogP contribution in [0.1, 0.15) is 36.0 Å². The molecule has 146 valence electrons. The summed E-state index contributed by atoms with van der Waals surface area (Å²) in [4.78, 5) is 22.1. The van der Waals surface area contributed by atoms with Gasteiger partial charge >= 0.3 is 0 Å². The van der Waals surface area contributed by atoms with E-state index in [1.807, 2.05) is 6.07 Å². The van der Waals surface area contributed by atoms with Crippen molar-refractivity contribution in [3.05, 3.63) is 41.5 Å². The van der Waals surface area contributed by atoms with E-state index in [2.05, 4.69) is 41.5 Å². The third-order valence-corrected chi connectivity index (χ3v) is 5.75. The van der Waals surface area contributed by atoms with Gasteiger partial charge in [-0.25, -0.2) is 9.97 Å². The van der Waals surface area contributed by atoms with Crippen LogP contribution >= 0.6 is 11.8 Å². The second kappa shape index (κ2) is 7.89. The smallest absolute Gasteiger partial charge is 0.225 e. The number of aromatic nitrogens is 4. The first kappa shape index (κ1) is 18.9. The van der Waals surface area contributed by atoms with Crippen LogP contribution in [0.25, 0.3) is 16.7 Å². The molecule has 1 saturated heterocycles. The van der Waals surface area contributed by atoms with E-state index in [4.69, 9.17) is 15.5 Å². The summed E-state index contributed by atoms with van der Waals surface area (Å²) < 4.78 is 7.28. The van der Waals surface area contributed by atoms with Crippen LogP contribution in [0.5, 0.6) is 0 Å². The fraction of sp³-hybridized carbons (Fsp3) is 0.400. The number of benzene rings is 1. The normalized spacial score (nSPS) is 15.2. The van der Waals surface area contributed by atoms with Crippen LogP contribution < -0.4 is 5.73 Å². The Morgan fingerprint density at radius 1 is 1.29 bits per heavy atom. The van der Waals surface area contributed by atoms with Crippen molar-refractivity contribution in [3.8, 4) is 5.82 Å². The molecule has 0 saturated carbocycles. The number of carbonyl (C=O) groups excluding carboxylic acids is 1. The maximum Gasteiger partial charge on any atom is 0.225 e. The lowest BCUT2D eigenvalue weighted by Gasteiger charge is -2.21. The van der Waals surface area contributed by atoms with Crippen LogP contribution in [0.4, 0.5) is 0 Å². The first-order valence-corrected chi connectivity index (χ1v) is 10.6. The Bertz CT molecular complexity index is 1030. The Labute approximate surface area is 167 Å². The quantitative estimate of drug-likeness (QED) is 0.665. The molecule has 1 aliphatic rings. The highest BCUT2D eigenvalue weighted by molar-refractivity contribution is 7.98. The minimum atomic E-state index is -0.442. The van der Waals surface area contributed by atoms with Crippen LogP contribution in [0, 0.1) is 6.92 Å². The molecule has 28 heavy (non-hydrogen) atoms. The molecule has 0 aliphatic carbocycles. The number of pyridine rings is 1. The first-order valence-electron chi connectivity index (χ1n) is 9.33. The zero-order valence-electron chi connectivity index (χ0n) is 16.0. The van der Waals surface area contributed by atoms with Crippen molar-refractivity contribution in [2.75, 3.05) is 19.5 Å². The number of amides is 1. The summed E-state index contributed by atoms with van der Waals surface area (Å²) in [7, 11) is 0. The maximum atomic E-state index is 11.4. The minimum absolute atomic E-state index is 0.0202. The Kier molecular flexibility index (Phi) is 5.32. The van der Waals surface area contributed by atoms with Gasteiger partial charge in [-0.05, 0) is 49.8 Å². The third kappa shape index (κ3) is 3.74. The molecule has 1 aliphatic heterocycles. The minimum Gasteiger partial charge on any atom is -0.381 e. The molecule has 7 nitrogen and oxygen atoms in total. The van der Waals surface area contributed by atoms with Crippen molar-refractivity contribution in [2.45, 2.75) is 37.0 Å². The molecule has 0 spiro atoms. The zero-order valence-corrected chi connectivity index (χ0v) is 16.8. The van der Waals surface area contributed by atoms with Crippen LogP contribution in [-0.4, -0.2) is 45.1 Å². The second-order valence-corrected chi connectivity index (χ2v) is 7.89. The van der Waals surface area contributed by atoms with E-state index in [1.54, 1.807) is 16.4 Å². The van der Waals surface area contributed by atoms with Crippen LogP contribution in [0.15, 0.2) is 29.2 Å². The van der Waals surface area contributed by atoms with E-state index in [1.165, 1.54) is 0 Å². The molecule has 0 atom stereocenters. The van der Waals surface area contributed by atoms with Gasteiger partial charge in [0.15, 0.2) is 11.6 Å². The van der Waals surface area contributed by atoms with Gasteiger partial charge in [-0.2, -0.15) is 4.68 Å². The fourth-order valence-electron chi connectivity index (χ4n) is 3.59. The van der Waals surface area contributed by atoms with E-state index in [0.717, 1.165) is 40.0 Å². The number of fused-ring (bicyclic) bond motifs is 1. The second-order valence-electron chi connectivity index (χ2n) is 7.01. The molecule has 0 bridgehead atoms. The fourth-order valence-corrected chi connectivity index (χ4v) is 4.02. The Hall–Kier alpha value is -2.45. The van der Waals surface area contributed by atoms with Crippen molar-refractivity contribution in [2.24, 2.45) is 5.73 Å². The summed E-state index contributed by atoms with van der Waals surface area (Å²) in [5.41, 5.74) is 7.41. The Morgan fingerprint density at radius 3 is 2.79 bits per heavy atom. The lowest BCUT2D eigenvalue weighted by Crippen LogP contribution is -2.18. The first-order chi connectivity index (χ1) is 13.5. The molecule has 0 radical (unpaired) electrons. The van der Waals surface area contributed by atoms with E-state index >= 15 is 0 Å². The lowest BCUT2D eigenvalue weighted by atomic mass is 9.99.